The van der Waals surface area contributed by atoms with Gasteiger partial charge in [0.2, 0.25) is 11.8 Å². The van der Waals surface area contributed by atoms with Crippen LogP contribution in [0.25, 0.3) is 0 Å². The quantitative estimate of drug-likeness (QED) is 0.802. The lowest BCUT2D eigenvalue weighted by Crippen LogP contribution is -2.30. The van der Waals surface area contributed by atoms with Crippen LogP contribution >= 0.6 is 11.6 Å². The number of anilines is 1. The van der Waals surface area contributed by atoms with Crippen molar-refractivity contribution in [1.29, 1.82) is 0 Å². The maximum atomic E-state index is 12.3. The van der Waals surface area contributed by atoms with Gasteiger partial charge >= 0.3 is 0 Å². The zero-order valence-corrected chi connectivity index (χ0v) is 10.8. The Morgan fingerprint density at radius 2 is 1.95 bits per heavy atom. The second kappa shape index (κ2) is 4.38. The van der Waals surface area contributed by atoms with Crippen LogP contribution in [0.5, 0.6) is 5.75 Å². The Morgan fingerprint density at radius 3 is 2.68 bits per heavy atom. The lowest BCUT2D eigenvalue weighted by Gasteiger charge is -2.17. The molecule has 4 nitrogen and oxygen atoms in total. The molecule has 0 unspecified atom stereocenters. The molecule has 0 bridgehead atoms. The molecule has 0 saturated carbocycles. The third kappa shape index (κ3) is 1.92. The van der Waals surface area contributed by atoms with E-state index in [1.54, 1.807) is 18.2 Å². The van der Waals surface area contributed by atoms with Crippen LogP contribution in [0.15, 0.2) is 35.4 Å². The maximum Gasteiger partial charge on any atom is 0.238 e. The summed E-state index contributed by atoms with van der Waals surface area (Å²) in [6.45, 7) is 0. The highest BCUT2D eigenvalue weighted by Crippen LogP contribution is 2.41. The first-order chi connectivity index (χ1) is 9.08. The van der Waals surface area contributed by atoms with Crippen molar-refractivity contribution in [1.82, 2.24) is 0 Å². The summed E-state index contributed by atoms with van der Waals surface area (Å²) >= 11 is 5.95. The fourth-order valence-electron chi connectivity index (χ4n) is 2.71. The summed E-state index contributed by atoms with van der Waals surface area (Å²) in [6.07, 6.45) is 2.73. The number of carbonyl (C=O) groups is 2. The van der Waals surface area contributed by atoms with E-state index < -0.39 is 0 Å². The highest BCUT2D eigenvalue weighted by atomic mass is 35.5. The van der Waals surface area contributed by atoms with Gasteiger partial charge in [-0.05, 0) is 25.0 Å². The summed E-state index contributed by atoms with van der Waals surface area (Å²) in [5.41, 5.74) is 0.417. The van der Waals surface area contributed by atoms with Gasteiger partial charge in [-0.3, -0.25) is 9.59 Å². The second-order valence-corrected chi connectivity index (χ2v) is 5.32. The zero-order valence-electron chi connectivity index (χ0n) is 10.0. The molecule has 0 radical (unpaired) electrons. The number of allylic oxidation sites excluding steroid dienone is 2. The number of nitrogens with zero attached hydrogens (tertiary/aromatic N) is 1. The van der Waals surface area contributed by atoms with Crippen LogP contribution in [0.1, 0.15) is 12.8 Å². The normalized spacial score (nSPS) is 26.4. The van der Waals surface area contributed by atoms with E-state index in [9.17, 15) is 14.7 Å². The molecule has 2 aliphatic rings. The van der Waals surface area contributed by atoms with Gasteiger partial charge in [0.25, 0.3) is 0 Å². The van der Waals surface area contributed by atoms with Crippen molar-refractivity contribution in [2.45, 2.75) is 12.8 Å². The number of fused-ring (bicyclic) bond motifs is 1. The number of aromatic hydroxyl groups is 1. The lowest BCUT2D eigenvalue weighted by molar-refractivity contribution is -0.122. The van der Waals surface area contributed by atoms with Gasteiger partial charge < -0.3 is 5.11 Å². The molecule has 3 rings (SSSR count). The Kier molecular flexibility index (Phi) is 2.82. The molecule has 2 amide bonds. The molecule has 1 heterocycles. The Labute approximate surface area is 115 Å². The number of amides is 2. The fraction of sp³-hybridized carbons (Fsp3) is 0.286. The molecule has 5 heteroatoms. The molecule has 1 N–H and O–H groups in total. The first-order valence-electron chi connectivity index (χ1n) is 6.09. The number of hydrogen-bond donors (Lipinski definition) is 1. The molecule has 1 aromatic rings. The minimum absolute atomic E-state index is 0.0316. The monoisotopic (exact) mass is 277 g/mol. The van der Waals surface area contributed by atoms with Crippen molar-refractivity contribution in [2.24, 2.45) is 11.8 Å². The average Bonchev–Trinajstić information content (AvgIpc) is 2.61. The van der Waals surface area contributed by atoms with E-state index in [0.717, 1.165) is 0 Å². The number of imide groups is 1. The zero-order chi connectivity index (χ0) is 13.6. The molecule has 0 aromatic heterocycles. The van der Waals surface area contributed by atoms with E-state index in [0.29, 0.717) is 23.6 Å². The number of halogens is 1. The number of phenols is 1. The van der Waals surface area contributed by atoms with Gasteiger partial charge in [0, 0.05) is 11.1 Å². The molecular weight excluding hydrogens is 266 g/mol. The summed E-state index contributed by atoms with van der Waals surface area (Å²) in [6, 6.07) is 6.17. The average molecular weight is 278 g/mol. The van der Waals surface area contributed by atoms with Crippen molar-refractivity contribution < 1.29 is 14.7 Å². The molecular formula is C14H12ClNO3. The van der Waals surface area contributed by atoms with Gasteiger partial charge in [-0.15, -0.1) is 0 Å². The smallest absolute Gasteiger partial charge is 0.238 e. The van der Waals surface area contributed by atoms with Gasteiger partial charge in [-0.2, -0.15) is 0 Å². The van der Waals surface area contributed by atoms with Gasteiger partial charge in [-0.1, -0.05) is 23.7 Å². The number of carbonyl (C=O) groups excluding carboxylic acids is 2. The molecule has 19 heavy (non-hydrogen) atoms. The highest BCUT2D eigenvalue weighted by Gasteiger charge is 2.48. The van der Waals surface area contributed by atoms with E-state index in [1.165, 1.54) is 17.0 Å². The molecule has 1 aromatic carbocycles. The molecule has 1 aliphatic heterocycles. The van der Waals surface area contributed by atoms with Gasteiger partial charge in [-0.25, -0.2) is 4.90 Å². The van der Waals surface area contributed by atoms with Crippen molar-refractivity contribution in [3.8, 4) is 5.75 Å². The van der Waals surface area contributed by atoms with E-state index in [1.807, 2.05) is 0 Å². The minimum atomic E-state index is -0.368. The van der Waals surface area contributed by atoms with Crippen molar-refractivity contribution in [3.05, 3.63) is 35.4 Å². The summed E-state index contributed by atoms with van der Waals surface area (Å²) in [7, 11) is 0. The lowest BCUT2D eigenvalue weighted by atomic mass is 9.85. The summed E-state index contributed by atoms with van der Waals surface area (Å²) in [4.78, 5) is 25.8. The van der Waals surface area contributed by atoms with E-state index in [4.69, 9.17) is 11.6 Å². The van der Waals surface area contributed by atoms with Gasteiger partial charge in [0.05, 0.1) is 17.5 Å². The van der Waals surface area contributed by atoms with Crippen LogP contribution in [-0.2, 0) is 9.59 Å². The third-order valence-electron chi connectivity index (χ3n) is 3.66. The standard InChI is InChI=1S/C14H12ClNO3/c15-8-4-5-11-12(6-8)14(19)16(13(11)18)9-2-1-3-10(17)7-9/h1-4,7,11-12,17H,5-6H2/t11-,12+/m1/s1. The topological polar surface area (TPSA) is 57.6 Å². The maximum absolute atomic E-state index is 12.3. The Hall–Kier alpha value is -1.81. The summed E-state index contributed by atoms with van der Waals surface area (Å²) < 4.78 is 0. The largest absolute Gasteiger partial charge is 0.508 e. The number of rotatable bonds is 1. The van der Waals surface area contributed by atoms with Crippen LogP contribution in [0, 0.1) is 11.8 Å². The van der Waals surface area contributed by atoms with Crippen LogP contribution in [0.4, 0.5) is 5.69 Å². The van der Waals surface area contributed by atoms with Crippen LogP contribution in [-0.4, -0.2) is 16.9 Å². The van der Waals surface area contributed by atoms with Crippen LogP contribution in [0.2, 0.25) is 0 Å². The van der Waals surface area contributed by atoms with Gasteiger partial charge in [0.1, 0.15) is 5.75 Å². The van der Waals surface area contributed by atoms with E-state index in [2.05, 4.69) is 0 Å². The highest BCUT2D eigenvalue weighted by molar-refractivity contribution is 6.30. The summed E-state index contributed by atoms with van der Waals surface area (Å²) in [5.74, 6) is -1.10. The van der Waals surface area contributed by atoms with Crippen LogP contribution < -0.4 is 4.90 Å². The Morgan fingerprint density at radius 1 is 1.21 bits per heavy atom. The molecule has 1 aliphatic carbocycles. The second-order valence-electron chi connectivity index (χ2n) is 4.84. The van der Waals surface area contributed by atoms with Crippen molar-refractivity contribution in [3.63, 3.8) is 0 Å². The first-order valence-corrected chi connectivity index (χ1v) is 6.47. The first kappa shape index (κ1) is 12.2. The molecule has 1 saturated heterocycles. The SMILES string of the molecule is O=C1[C@H]2CC(Cl)=CC[C@H]2C(=O)N1c1cccc(O)c1. The van der Waals surface area contributed by atoms with Crippen LogP contribution in [0.3, 0.4) is 0 Å². The number of hydrogen-bond acceptors (Lipinski definition) is 3. The molecule has 1 fully saturated rings. The predicted octanol–water partition coefficient (Wildman–Crippen LogP) is 2.41. The Bertz CT molecular complexity index is 596. The fourth-order valence-corrected chi connectivity index (χ4v) is 2.97. The molecule has 2 atom stereocenters. The molecule has 0 spiro atoms. The van der Waals surface area contributed by atoms with E-state index in [-0.39, 0.29) is 29.4 Å². The number of phenolic OH excluding ortho intramolecular Hbond substituents is 1. The third-order valence-corrected chi connectivity index (χ3v) is 3.97. The van der Waals surface area contributed by atoms with Crippen molar-refractivity contribution >= 4 is 29.1 Å². The van der Waals surface area contributed by atoms with Crippen molar-refractivity contribution in [2.75, 3.05) is 4.90 Å². The summed E-state index contributed by atoms with van der Waals surface area (Å²) in [5, 5.41) is 10.1. The van der Waals surface area contributed by atoms with E-state index >= 15 is 0 Å². The van der Waals surface area contributed by atoms with Gasteiger partial charge in [0.15, 0.2) is 0 Å². The predicted molar refractivity (Wildman–Crippen MR) is 70.7 cm³/mol. The minimum Gasteiger partial charge on any atom is -0.508 e. The molecule has 98 valence electrons. The Balaban J connectivity index is 1.97. The number of benzene rings is 1.